The molecule has 0 spiro atoms. The van der Waals surface area contributed by atoms with Crippen LogP contribution in [-0.2, 0) is 0 Å². The van der Waals surface area contributed by atoms with Gasteiger partial charge >= 0.3 is 0 Å². The average Bonchev–Trinajstić information content (AvgIpc) is 2.77. The fraction of sp³-hybridized carbons (Fsp3) is 0.688. The van der Waals surface area contributed by atoms with Crippen LogP contribution in [0, 0.1) is 13.8 Å². The molecule has 0 unspecified atom stereocenters. The first-order chi connectivity index (χ1) is 9.52. The molecule has 1 aliphatic rings. The number of aryl methyl sites for hydroxylation is 2. The van der Waals surface area contributed by atoms with Crippen LogP contribution in [0.5, 0.6) is 0 Å². The van der Waals surface area contributed by atoms with E-state index in [1.54, 1.807) is 11.3 Å². The Balaban J connectivity index is 2.13. The number of carbonyl (C=O) groups is 1. The summed E-state index contributed by atoms with van der Waals surface area (Å²) in [5, 5.41) is 0. The second-order valence-corrected chi connectivity index (χ2v) is 7.17. The first-order valence-corrected chi connectivity index (χ1v) is 8.48. The monoisotopic (exact) mass is 294 g/mol. The van der Waals surface area contributed by atoms with Crippen LogP contribution in [0.3, 0.4) is 0 Å². The summed E-state index contributed by atoms with van der Waals surface area (Å²) in [5.41, 5.74) is 7.20. The summed E-state index contributed by atoms with van der Waals surface area (Å²) in [7, 11) is 0. The van der Waals surface area contributed by atoms with Gasteiger partial charge in [-0.05, 0) is 57.6 Å². The quantitative estimate of drug-likeness (QED) is 0.924. The zero-order chi connectivity index (χ0) is 14.7. The van der Waals surface area contributed by atoms with Gasteiger partial charge < -0.3 is 10.6 Å². The van der Waals surface area contributed by atoms with E-state index in [0.717, 1.165) is 43.5 Å². The van der Waals surface area contributed by atoms with Gasteiger partial charge in [0.1, 0.15) is 0 Å². The highest BCUT2D eigenvalue weighted by atomic mass is 32.1. The van der Waals surface area contributed by atoms with E-state index in [0.29, 0.717) is 12.1 Å². The third kappa shape index (κ3) is 3.41. The first kappa shape index (κ1) is 15.5. The predicted molar refractivity (Wildman–Crippen MR) is 85.4 cm³/mol. The van der Waals surface area contributed by atoms with Crippen LogP contribution in [0.15, 0.2) is 6.07 Å². The van der Waals surface area contributed by atoms with Gasteiger partial charge in [0.2, 0.25) is 0 Å². The Kier molecular flexibility index (Phi) is 5.22. The molecule has 0 aromatic carbocycles. The third-order valence-electron chi connectivity index (χ3n) is 4.28. The number of thiophene rings is 1. The molecule has 1 fully saturated rings. The van der Waals surface area contributed by atoms with Crippen molar-refractivity contribution in [2.45, 2.75) is 65.0 Å². The van der Waals surface area contributed by atoms with Crippen molar-refractivity contribution in [3.63, 3.8) is 0 Å². The maximum Gasteiger partial charge on any atom is 0.264 e. The van der Waals surface area contributed by atoms with Crippen molar-refractivity contribution in [2.75, 3.05) is 6.54 Å². The molecule has 1 aromatic heterocycles. The van der Waals surface area contributed by atoms with Gasteiger partial charge in [-0.1, -0.05) is 6.92 Å². The average molecular weight is 294 g/mol. The lowest BCUT2D eigenvalue weighted by Crippen LogP contribution is -2.44. The van der Waals surface area contributed by atoms with Gasteiger partial charge in [0.05, 0.1) is 4.88 Å². The van der Waals surface area contributed by atoms with Gasteiger partial charge in [0, 0.05) is 23.5 Å². The highest BCUT2D eigenvalue weighted by Gasteiger charge is 2.28. The van der Waals surface area contributed by atoms with Crippen LogP contribution in [0.4, 0.5) is 0 Å². The minimum Gasteiger partial charge on any atom is -0.335 e. The Bertz CT molecular complexity index is 442. The molecule has 112 valence electrons. The number of amides is 1. The third-order valence-corrected chi connectivity index (χ3v) is 5.42. The molecule has 1 heterocycles. The Morgan fingerprint density at radius 2 is 2.00 bits per heavy atom. The van der Waals surface area contributed by atoms with E-state index in [-0.39, 0.29) is 5.91 Å². The van der Waals surface area contributed by atoms with E-state index in [2.05, 4.69) is 25.7 Å². The Hall–Kier alpha value is -0.870. The number of carbonyl (C=O) groups excluding carboxylic acids is 1. The minimum absolute atomic E-state index is 0.216. The Morgan fingerprint density at radius 3 is 2.50 bits per heavy atom. The molecule has 2 rings (SSSR count). The van der Waals surface area contributed by atoms with Gasteiger partial charge in [-0.2, -0.15) is 0 Å². The lowest BCUT2D eigenvalue weighted by molar-refractivity contribution is 0.0631. The van der Waals surface area contributed by atoms with Gasteiger partial charge in [0.15, 0.2) is 0 Å². The second kappa shape index (κ2) is 6.72. The summed E-state index contributed by atoms with van der Waals surface area (Å²) in [6.45, 7) is 7.15. The fourth-order valence-corrected chi connectivity index (χ4v) is 3.91. The van der Waals surface area contributed by atoms with Crippen molar-refractivity contribution < 1.29 is 4.79 Å². The van der Waals surface area contributed by atoms with Crippen LogP contribution in [0.25, 0.3) is 0 Å². The minimum atomic E-state index is 0.216. The first-order valence-electron chi connectivity index (χ1n) is 7.66. The maximum absolute atomic E-state index is 12.8. The van der Waals surface area contributed by atoms with E-state index in [1.165, 1.54) is 10.4 Å². The fourth-order valence-electron chi connectivity index (χ4n) is 2.92. The predicted octanol–water partition coefficient (Wildman–Crippen LogP) is 3.49. The summed E-state index contributed by atoms with van der Waals surface area (Å²) >= 11 is 1.63. The topological polar surface area (TPSA) is 46.3 Å². The molecule has 0 saturated heterocycles. The van der Waals surface area contributed by atoms with E-state index < -0.39 is 0 Å². The van der Waals surface area contributed by atoms with Crippen LogP contribution in [-0.4, -0.2) is 29.4 Å². The van der Waals surface area contributed by atoms with Crippen molar-refractivity contribution in [2.24, 2.45) is 5.73 Å². The number of nitrogens with two attached hydrogens (primary N) is 1. The molecule has 0 radical (unpaired) electrons. The molecule has 1 amide bonds. The molecule has 0 bridgehead atoms. The number of nitrogens with zero attached hydrogens (tertiary/aromatic N) is 1. The van der Waals surface area contributed by atoms with E-state index >= 15 is 0 Å². The molecule has 3 nitrogen and oxygen atoms in total. The summed E-state index contributed by atoms with van der Waals surface area (Å²) in [6, 6.07) is 2.75. The molecule has 0 aliphatic heterocycles. The lowest BCUT2D eigenvalue weighted by atomic mass is 9.90. The molecule has 1 aromatic rings. The van der Waals surface area contributed by atoms with E-state index in [4.69, 9.17) is 5.73 Å². The van der Waals surface area contributed by atoms with E-state index in [9.17, 15) is 4.79 Å². The largest absolute Gasteiger partial charge is 0.335 e. The standard InChI is InChI=1S/C16H26N2OS/c1-4-9-18(14-7-5-13(17)6-8-14)16(19)15-10-11(2)12(3)20-15/h10,13-14H,4-9,17H2,1-3H3. The van der Waals surface area contributed by atoms with Crippen molar-refractivity contribution in [1.29, 1.82) is 0 Å². The van der Waals surface area contributed by atoms with Crippen molar-refractivity contribution in [1.82, 2.24) is 4.90 Å². The summed E-state index contributed by atoms with van der Waals surface area (Å²) < 4.78 is 0. The van der Waals surface area contributed by atoms with Crippen LogP contribution < -0.4 is 5.73 Å². The molecule has 0 atom stereocenters. The molecule has 1 saturated carbocycles. The number of hydrogen-bond acceptors (Lipinski definition) is 3. The van der Waals surface area contributed by atoms with Crippen molar-refractivity contribution in [3.8, 4) is 0 Å². The van der Waals surface area contributed by atoms with Crippen molar-refractivity contribution >= 4 is 17.2 Å². The Morgan fingerprint density at radius 1 is 1.35 bits per heavy atom. The smallest absolute Gasteiger partial charge is 0.264 e. The zero-order valence-electron chi connectivity index (χ0n) is 12.8. The van der Waals surface area contributed by atoms with Crippen LogP contribution >= 0.6 is 11.3 Å². The SMILES string of the molecule is CCCN(C(=O)c1cc(C)c(C)s1)C1CCC(N)CC1. The molecular formula is C16H26N2OS. The van der Waals surface area contributed by atoms with Gasteiger partial charge in [-0.15, -0.1) is 11.3 Å². The highest BCUT2D eigenvalue weighted by molar-refractivity contribution is 7.14. The number of hydrogen-bond donors (Lipinski definition) is 1. The van der Waals surface area contributed by atoms with Gasteiger partial charge in [-0.25, -0.2) is 0 Å². The molecule has 1 aliphatic carbocycles. The zero-order valence-corrected chi connectivity index (χ0v) is 13.6. The molecule has 20 heavy (non-hydrogen) atoms. The summed E-state index contributed by atoms with van der Waals surface area (Å²) in [5.74, 6) is 0.216. The van der Waals surface area contributed by atoms with Gasteiger partial charge in [-0.3, -0.25) is 4.79 Å². The van der Waals surface area contributed by atoms with Gasteiger partial charge in [0.25, 0.3) is 5.91 Å². The van der Waals surface area contributed by atoms with Crippen LogP contribution in [0.2, 0.25) is 0 Å². The molecular weight excluding hydrogens is 268 g/mol. The van der Waals surface area contributed by atoms with Crippen molar-refractivity contribution in [3.05, 3.63) is 21.4 Å². The lowest BCUT2D eigenvalue weighted by Gasteiger charge is -2.35. The molecule has 4 heteroatoms. The molecule has 2 N–H and O–H groups in total. The highest BCUT2D eigenvalue weighted by Crippen LogP contribution is 2.27. The summed E-state index contributed by atoms with van der Waals surface area (Å²) in [4.78, 5) is 17.0. The maximum atomic E-state index is 12.8. The normalized spacial score (nSPS) is 22.8. The summed E-state index contributed by atoms with van der Waals surface area (Å²) in [6.07, 6.45) is 5.20. The number of rotatable bonds is 4. The Labute approximate surface area is 126 Å². The van der Waals surface area contributed by atoms with Crippen LogP contribution in [0.1, 0.15) is 59.1 Å². The van der Waals surface area contributed by atoms with E-state index in [1.807, 2.05) is 6.07 Å². The second-order valence-electron chi connectivity index (χ2n) is 5.92.